The molecular weight excluding hydrogens is 302 g/mol. The van der Waals surface area contributed by atoms with Gasteiger partial charge in [-0.2, -0.15) is 0 Å². The lowest BCUT2D eigenvalue weighted by Gasteiger charge is -2.09. The van der Waals surface area contributed by atoms with E-state index in [9.17, 15) is 8.78 Å². The van der Waals surface area contributed by atoms with Crippen LogP contribution in [-0.4, -0.2) is 0 Å². The van der Waals surface area contributed by atoms with Crippen LogP contribution in [0.2, 0.25) is 0 Å². The standard InChI is InChI=1S/C14H13BrF2O/c1-8-5-11(9(2)18-8)12(15)6-10-3-4-13(16)14(17)7-10/h3-5,7,12H,6H2,1-2H3. The second kappa shape index (κ2) is 5.22. The lowest BCUT2D eigenvalue weighted by molar-refractivity contribution is 0.500. The van der Waals surface area contributed by atoms with Gasteiger partial charge in [0, 0.05) is 10.4 Å². The molecule has 1 unspecified atom stereocenters. The summed E-state index contributed by atoms with van der Waals surface area (Å²) in [6, 6.07) is 5.92. The first kappa shape index (κ1) is 13.3. The molecule has 0 radical (unpaired) electrons. The Morgan fingerprint density at radius 1 is 1.17 bits per heavy atom. The highest BCUT2D eigenvalue weighted by atomic mass is 79.9. The number of halogens is 3. The fourth-order valence-electron chi connectivity index (χ4n) is 1.94. The minimum absolute atomic E-state index is 0.0276. The van der Waals surface area contributed by atoms with Gasteiger partial charge in [-0.05, 0) is 44.0 Å². The first-order chi connectivity index (χ1) is 8.47. The molecular formula is C14H13BrF2O. The summed E-state index contributed by atoms with van der Waals surface area (Å²) in [7, 11) is 0. The van der Waals surface area contributed by atoms with Crippen LogP contribution in [-0.2, 0) is 6.42 Å². The van der Waals surface area contributed by atoms with E-state index in [-0.39, 0.29) is 4.83 Å². The van der Waals surface area contributed by atoms with Crippen LogP contribution in [0.1, 0.15) is 27.5 Å². The van der Waals surface area contributed by atoms with E-state index in [4.69, 9.17) is 4.42 Å². The van der Waals surface area contributed by atoms with Crippen LogP contribution in [0.15, 0.2) is 28.7 Å². The van der Waals surface area contributed by atoms with E-state index in [1.165, 1.54) is 6.07 Å². The Kier molecular flexibility index (Phi) is 3.85. The van der Waals surface area contributed by atoms with Gasteiger partial charge in [-0.15, -0.1) is 0 Å². The van der Waals surface area contributed by atoms with Gasteiger partial charge in [0.15, 0.2) is 11.6 Å². The Bertz CT molecular complexity index is 563. The van der Waals surface area contributed by atoms with Crippen molar-refractivity contribution in [1.82, 2.24) is 0 Å². The summed E-state index contributed by atoms with van der Waals surface area (Å²) in [4.78, 5) is 0.0276. The number of alkyl halides is 1. The first-order valence-electron chi connectivity index (χ1n) is 5.62. The molecule has 1 heterocycles. The first-order valence-corrected chi connectivity index (χ1v) is 6.54. The Morgan fingerprint density at radius 2 is 1.89 bits per heavy atom. The van der Waals surface area contributed by atoms with Gasteiger partial charge in [0.1, 0.15) is 11.5 Å². The van der Waals surface area contributed by atoms with Gasteiger partial charge in [0.25, 0.3) is 0 Å². The third-order valence-electron chi connectivity index (χ3n) is 2.82. The van der Waals surface area contributed by atoms with Crippen LogP contribution in [0, 0.1) is 25.5 Å². The molecule has 0 spiro atoms. The lowest BCUT2D eigenvalue weighted by atomic mass is 10.0. The van der Waals surface area contributed by atoms with Crippen LogP contribution in [0.5, 0.6) is 0 Å². The van der Waals surface area contributed by atoms with E-state index < -0.39 is 11.6 Å². The molecule has 1 nitrogen and oxygen atoms in total. The number of aryl methyl sites for hydroxylation is 2. The SMILES string of the molecule is Cc1cc(C(Br)Cc2ccc(F)c(F)c2)c(C)o1. The Labute approximate surface area is 113 Å². The van der Waals surface area contributed by atoms with E-state index in [0.717, 1.165) is 28.7 Å². The third-order valence-corrected chi connectivity index (χ3v) is 3.63. The molecule has 0 fully saturated rings. The van der Waals surface area contributed by atoms with Gasteiger partial charge >= 0.3 is 0 Å². The maximum atomic E-state index is 13.1. The largest absolute Gasteiger partial charge is 0.466 e. The van der Waals surface area contributed by atoms with Crippen LogP contribution in [0.25, 0.3) is 0 Å². The minimum Gasteiger partial charge on any atom is -0.466 e. The maximum absolute atomic E-state index is 13.1. The van der Waals surface area contributed by atoms with E-state index in [1.807, 2.05) is 19.9 Å². The van der Waals surface area contributed by atoms with Crippen molar-refractivity contribution >= 4 is 15.9 Å². The van der Waals surface area contributed by atoms with Crippen molar-refractivity contribution in [2.45, 2.75) is 25.1 Å². The lowest BCUT2D eigenvalue weighted by Crippen LogP contribution is -1.97. The summed E-state index contributed by atoms with van der Waals surface area (Å²) >= 11 is 3.55. The quantitative estimate of drug-likeness (QED) is 0.738. The Morgan fingerprint density at radius 3 is 2.44 bits per heavy atom. The molecule has 0 bridgehead atoms. The van der Waals surface area contributed by atoms with Crippen molar-refractivity contribution in [3.05, 3.63) is 58.5 Å². The zero-order chi connectivity index (χ0) is 13.3. The molecule has 18 heavy (non-hydrogen) atoms. The zero-order valence-corrected chi connectivity index (χ0v) is 11.7. The molecule has 0 saturated carbocycles. The molecule has 0 amide bonds. The summed E-state index contributed by atoms with van der Waals surface area (Å²) in [5.74, 6) is 0.0571. The predicted molar refractivity (Wildman–Crippen MR) is 69.9 cm³/mol. The molecule has 4 heteroatoms. The van der Waals surface area contributed by atoms with Gasteiger partial charge in [-0.1, -0.05) is 22.0 Å². The number of furan rings is 1. The van der Waals surface area contributed by atoms with Crippen molar-refractivity contribution < 1.29 is 13.2 Å². The van der Waals surface area contributed by atoms with Crippen molar-refractivity contribution in [2.75, 3.05) is 0 Å². The van der Waals surface area contributed by atoms with Crippen LogP contribution in [0.3, 0.4) is 0 Å². The molecule has 0 aliphatic carbocycles. The second-order valence-corrected chi connectivity index (χ2v) is 5.39. The summed E-state index contributed by atoms with van der Waals surface area (Å²) in [5, 5.41) is 0. The predicted octanol–water partition coefficient (Wildman–Crippen LogP) is 4.85. The van der Waals surface area contributed by atoms with E-state index >= 15 is 0 Å². The zero-order valence-electron chi connectivity index (χ0n) is 10.1. The number of rotatable bonds is 3. The van der Waals surface area contributed by atoms with E-state index in [2.05, 4.69) is 15.9 Å². The molecule has 2 rings (SSSR count). The number of hydrogen-bond acceptors (Lipinski definition) is 1. The molecule has 1 aromatic carbocycles. The molecule has 0 saturated heterocycles. The van der Waals surface area contributed by atoms with Gasteiger partial charge < -0.3 is 4.42 Å². The van der Waals surface area contributed by atoms with Gasteiger partial charge in [-0.25, -0.2) is 8.78 Å². The van der Waals surface area contributed by atoms with Crippen LogP contribution in [0.4, 0.5) is 8.78 Å². The van der Waals surface area contributed by atoms with Crippen molar-refractivity contribution in [2.24, 2.45) is 0 Å². The summed E-state index contributed by atoms with van der Waals surface area (Å²) in [5.41, 5.74) is 1.78. The molecule has 96 valence electrons. The van der Waals surface area contributed by atoms with Crippen LogP contribution >= 0.6 is 15.9 Å². The van der Waals surface area contributed by atoms with Crippen molar-refractivity contribution in [3.63, 3.8) is 0 Å². The number of benzene rings is 1. The third kappa shape index (κ3) is 2.80. The minimum atomic E-state index is -0.819. The Hall–Kier alpha value is -1.16. The highest BCUT2D eigenvalue weighted by Crippen LogP contribution is 2.31. The molecule has 0 aliphatic rings. The maximum Gasteiger partial charge on any atom is 0.159 e. The summed E-state index contributed by atoms with van der Waals surface area (Å²) < 4.78 is 31.4. The fraction of sp³-hybridized carbons (Fsp3) is 0.286. The van der Waals surface area contributed by atoms with Crippen molar-refractivity contribution in [1.29, 1.82) is 0 Å². The highest BCUT2D eigenvalue weighted by molar-refractivity contribution is 9.09. The van der Waals surface area contributed by atoms with Gasteiger partial charge in [-0.3, -0.25) is 0 Å². The summed E-state index contributed by atoms with van der Waals surface area (Å²) in [6.07, 6.45) is 0.580. The van der Waals surface area contributed by atoms with Crippen LogP contribution < -0.4 is 0 Å². The average molecular weight is 315 g/mol. The van der Waals surface area contributed by atoms with E-state index in [0.29, 0.717) is 6.42 Å². The van der Waals surface area contributed by atoms with Gasteiger partial charge in [0.05, 0.1) is 0 Å². The smallest absolute Gasteiger partial charge is 0.159 e. The van der Waals surface area contributed by atoms with E-state index in [1.54, 1.807) is 6.07 Å². The topological polar surface area (TPSA) is 13.1 Å². The number of hydrogen-bond donors (Lipinski definition) is 0. The monoisotopic (exact) mass is 314 g/mol. The molecule has 0 aliphatic heterocycles. The summed E-state index contributed by atoms with van der Waals surface area (Å²) in [6.45, 7) is 3.77. The van der Waals surface area contributed by atoms with Gasteiger partial charge in [0.2, 0.25) is 0 Å². The Balaban J connectivity index is 2.18. The molecule has 1 atom stereocenters. The molecule has 0 N–H and O–H groups in total. The second-order valence-electron chi connectivity index (χ2n) is 4.29. The van der Waals surface area contributed by atoms with Crippen molar-refractivity contribution in [3.8, 4) is 0 Å². The molecule has 2 aromatic rings. The molecule has 1 aromatic heterocycles. The average Bonchev–Trinajstić information content (AvgIpc) is 2.63. The normalized spacial score (nSPS) is 12.7. The highest BCUT2D eigenvalue weighted by Gasteiger charge is 2.15. The fourth-order valence-corrected chi connectivity index (χ4v) is 2.77.